The summed E-state index contributed by atoms with van der Waals surface area (Å²) in [4.78, 5) is 6.38. The number of aromatic nitrogens is 1. The van der Waals surface area contributed by atoms with Crippen molar-refractivity contribution in [3.63, 3.8) is 0 Å². The van der Waals surface area contributed by atoms with Gasteiger partial charge >= 0.3 is 0 Å². The van der Waals surface area contributed by atoms with Crippen molar-refractivity contribution in [2.45, 2.75) is 32.7 Å². The van der Waals surface area contributed by atoms with Crippen LogP contribution in [0.1, 0.15) is 26.7 Å². The molecule has 0 saturated carbocycles. The van der Waals surface area contributed by atoms with Gasteiger partial charge in [0.1, 0.15) is 0 Å². The first kappa shape index (κ1) is 12.1. The smallest absolute Gasteiger partial charge is 0.151 e. The Morgan fingerprint density at radius 2 is 2.07 bits per heavy atom. The highest BCUT2D eigenvalue weighted by molar-refractivity contribution is 6.30. The molecule has 0 unspecified atom stereocenters. The molecule has 15 heavy (non-hydrogen) atoms. The molecule has 3 nitrogen and oxygen atoms in total. The quantitative estimate of drug-likeness (QED) is 0.860. The highest BCUT2D eigenvalue weighted by atomic mass is 35.5. The normalized spacial score (nSPS) is 10.7. The van der Waals surface area contributed by atoms with Gasteiger partial charge in [0.15, 0.2) is 5.82 Å². The molecule has 4 heteroatoms. The highest BCUT2D eigenvalue weighted by Gasteiger charge is 2.14. The summed E-state index contributed by atoms with van der Waals surface area (Å²) < 4.78 is 0. The molecular weight excluding hydrogens is 210 g/mol. The van der Waals surface area contributed by atoms with Gasteiger partial charge < -0.3 is 10.6 Å². The minimum Gasteiger partial charge on any atom is -0.396 e. The van der Waals surface area contributed by atoms with Gasteiger partial charge in [0.25, 0.3) is 0 Å². The van der Waals surface area contributed by atoms with E-state index in [9.17, 15) is 0 Å². The second kappa shape index (κ2) is 5.21. The van der Waals surface area contributed by atoms with Gasteiger partial charge in [0, 0.05) is 19.3 Å². The largest absolute Gasteiger partial charge is 0.396 e. The number of anilines is 2. The number of nitrogens with zero attached hydrogens (tertiary/aromatic N) is 2. The van der Waals surface area contributed by atoms with Crippen molar-refractivity contribution in [2.24, 2.45) is 0 Å². The molecule has 0 aliphatic carbocycles. The van der Waals surface area contributed by atoms with Crippen LogP contribution in [0, 0.1) is 0 Å². The van der Waals surface area contributed by atoms with Crippen LogP contribution in [0.3, 0.4) is 0 Å². The van der Waals surface area contributed by atoms with Gasteiger partial charge in [0.05, 0.1) is 10.7 Å². The zero-order valence-electron chi connectivity index (χ0n) is 9.50. The summed E-state index contributed by atoms with van der Waals surface area (Å²) in [6, 6.07) is 2.21. The molecule has 1 heterocycles. The van der Waals surface area contributed by atoms with Gasteiger partial charge in [-0.25, -0.2) is 4.98 Å². The average Bonchev–Trinajstić information content (AvgIpc) is 2.19. The van der Waals surface area contributed by atoms with Crippen molar-refractivity contribution in [2.75, 3.05) is 17.7 Å². The second-order valence-corrected chi connectivity index (χ2v) is 4.08. The van der Waals surface area contributed by atoms with Crippen molar-refractivity contribution in [3.8, 4) is 0 Å². The summed E-state index contributed by atoms with van der Waals surface area (Å²) in [6.45, 7) is 4.33. The fraction of sp³-hybridized carbons (Fsp3) is 0.545. The standard InChI is InChI=1S/C11H18ClN3/c1-4-9(5-2)15(3)11-10(13)6-8(12)7-14-11/h6-7,9H,4-5,13H2,1-3H3. The van der Waals surface area contributed by atoms with E-state index in [1.807, 2.05) is 7.05 Å². The summed E-state index contributed by atoms with van der Waals surface area (Å²) in [6.07, 6.45) is 3.79. The Hall–Kier alpha value is -0.960. The number of hydrogen-bond donors (Lipinski definition) is 1. The first-order valence-corrected chi connectivity index (χ1v) is 5.61. The molecular formula is C11H18ClN3. The molecule has 0 radical (unpaired) electrons. The molecule has 0 amide bonds. The zero-order chi connectivity index (χ0) is 11.4. The van der Waals surface area contributed by atoms with Gasteiger partial charge in [-0.1, -0.05) is 25.4 Å². The van der Waals surface area contributed by atoms with E-state index in [-0.39, 0.29) is 0 Å². The van der Waals surface area contributed by atoms with Crippen molar-refractivity contribution >= 4 is 23.1 Å². The molecule has 1 aromatic rings. The van der Waals surface area contributed by atoms with E-state index in [0.29, 0.717) is 16.8 Å². The maximum atomic E-state index is 5.88. The predicted molar refractivity (Wildman–Crippen MR) is 66.4 cm³/mol. The van der Waals surface area contributed by atoms with Gasteiger partial charge in [-0.3, -0.25) is 0 Å². The van der Waals surface area contributed by atoms with E-state index >= 15 is 0 Å². The first-order valence-electron chi connectivity index (χ1n) is 5.24. The lowest BCUT2D eigenvalue weighted by Gasteiger charge is -2.28. The average molecular weight is 228 g/mol. The minimum atomic E-state index is 0.473. The number of nitrogens with two attached hydrogens (primary N) is 1. The fourth-order valence-corrected chi connectivity index (χ4v) is 1.92. The molecule has 0 aromatic carbocycles. The number of hydrogen-bond acceptors (Lipinski definition) is 3. The molecule has 1 rings (SSSR count). The number of nitrogen functional groups attached to an aromatic ring is 1. The van der Waals surface area contributed by atoms with Gasteiger partial charge in [-0.05, 0) is 18.9 Å². The molecule has 84 valence electrons. The first-order chi connectivity index (χ1) is 7.10. The third-order valence-corrected chi connectivity index (χ3v) is 2.89. The topological polar surface area (TPSA) is 42.2 Å². The summed E-state index contributed by atoms with van der Waals surface area (Å²) in [7, 11) is 2.02. The van der Waals surface area contributed by atoms with Crippen LogP contribution in [0.4, 0.5) is 11.5 Å². The summed E-state index contributed by atoms with van der Waals surface area (Å²) in [5.41, 5.74) is 6.52. The molecule has 0 atom stereocenters. The van der Waals surface area contributed by atoms with E-state index in [1.54, 1.807) is 12.3 Å². The Balaban J connectivity index is 2.94. The van der Waals surface area contributed by atoms with Crippen molar-refractivity contribution in [1.29, 1.82) is 0 Å². The molecule has 0 aliphatic rings. The van der Waals surface area contributed by atoms with E-state index in [1.165, 1.54) is 0 Å². The lowest BCUT2D eigenvalue weighted by molar-refractivity contribution is 0.587. The Bertz CT molecular complexity index is 324. The van der Waals surface area contributed by atoms with Crippen molar-refractivity contribution in [3.05, 3.63) is 17.3 Å². The van der Waals surface area contributed by atoms with E-state index < -0.39 is 0 Å². The SMILES string of the molecule is CCC(CC)N(C)c1ncc(Cl)cc1N. The Kier molecular flexibility index (Phi) is 4.21. The van der Waals surface area contributed by atoms with E-state index in [0.717, 1.165) is 18.7 Å². The maximum Gasteiger partial charge on any atom is 0.151 e. The number of rotatable bonds is 4. The monoisotopic (exact) mass is 227 g/mol. The summed E-state index contributed by atoms with van der Waals surface area (Å²) >= 11 is 5.81. The van der Waals surface area contributed by atoms with Crippen LogP contribution in [0.15, 0.2) is 12.3 Å². The maximum absolute atomic E-state index is 5.88. The lowest BCUT2D eigenvalue weighted by atomic mass is 10.1. The van der Waals surface area contributed by atoms with Crippen LogP contribution in [0.2, 0.25) is 5.02 Å². The van der Waals surface area contributed by atoms with Gasteiger partial charge in [-0.2, -0.15) is 0 Å². The lowest BCUT2D eigenvalue weighted by Crippen LogP contribution is -2.31. The van der Waals surface area contributed by atoms with Crippen LogP contribution < -0.4 is 10.6 Å². The summed E-state index contributed by atoms with van der Waals surface area (Å²) in [5, 5.41) is 0.578. The molecule has 0 bridgehead atoms. The molecule has 0 fully saturated rings. The van der Waals surface area contributed by atoms with E-state index in [4.69, 9.17) is 17.3 Å². The third-order valence-electron chi connectivity index (χ3n) is 2.69. The molecule has 0 aliphatic heterocycles. The van der Waals surface area contributed by atoms with Crippen LogP contribution in [-0.2, 0) is 0 Å². The van der Waals surface area contributed by atoms with Crippen LogP contribution in [-0.4, -0.2) is 18.1 Å². The van der Waals surface area contributed by atoms with Crippen molar-refractivity contribution < 1.29 is 0 Å². The summed E-state index contributed by atoms with van der Waals surface area (Å²) in [5.74, 6) is 0.813. The van der Waals surface area contributed by atoms with Crippen LogP contribution in [0.5, 0.6) is 0 Å². The van der Waals surface area contributed by atoms with Crippen LogP contribution >= 0.6 is 11.6 Å². The zero-order valence-corrected chi connectivity index (χ0v) is 10.3. The Morgan fingerprint density at radius 3 is 2.53 bits per heavy atom. The highest BCUT2D eigenvalue weighted by Crippen LogP contribution is 2.25. The Labute approximate surface area is 96.2 Å². The number of halogens is 1. The second-order valence-electron chi connectivity index (χ2n) is 3.65. The molecule has 0 saturated heterocycles. The number of pyridine rings is 1. The van der Waals surface area contributed by atoms with Gasteiger partial charge in [-0.15, -0.1) is 0 Å². The Morgan fingerprint density at radius 1 is 1.47 bits per heavy atom. The third kappa shape index (κ3) is 2.75. The van der Waals surface area contributed by atoms with Crippen molar-refractivity contribution in [1.82, 2.24) is 4.98 Å². The van der Waals surface area contributed by atoms with Crippen LogP contribution in [0.25, 0.3) is 0 Å². The molecule has 0 spiro atoms. The predicted octanol–water partition coefficient (Wildman–Crippen LogP) is 2.94. The van der Waals surface area contributed by atoms with Gasteiger partial charge in [0.2, 0.25) is 0 Å². The fourth-order valence-electron chi connectivity index (χ4n) is 1.75. The minimum absolute atomic E-state index is 0.473. The molecule has 1 aromatic heterocycles. The van der Waals surface area contributed by atoms with E-state index in [2.05, 4.69) is 23.7 Å². The molecule has 2 N–H and O–H groups in total.